The van der Waals surface area contributed by atoms with E-state index in [4.69, 9.17) is 25.3 Å². The molecule has 0 aliphatic heterocycles. The van der Waals surface area contributed by atoms with Gasteiger partial charge in [0, 0.05) is 39.4 Å². The van der Waals surface area contributed by atoms with Crippen molar-refractivity contribution in [2.45, 2.75) is 0 Å². The molecule has 66 heavy (non-hydrogen) atoms. The second-order valence-corrected chi connectivity index (χ2v) is 16.2. The molecule has 0 saturated heterocycles. The maximum atomic E-state index is 8.54. The summed E-state index contributed by atoms with van der Waals surface area (Å²) in [6.45, 7) is 4.14. The maximum Gasteiger partial charge on any atom is 0.164 e. The zero-order chi connectivity index (χ0) is 44.4. The molecule has 0 unspecified atom stereocenters. The molecule has 0 fully saturated rings. The second kappa shape index (κ2) is 17.3. The Balaban J connectivity index is 1.05. The lowest BCUT2D eigenvalue weighted by Crippen LogP contribution is -2.00. The monoisotopic (exact) mass is 843 g/mol. The van der Waals surface area contributed by atoms with Gasteiger partial charge < -0.3 is 5.41 Å². The van der Waals surface area contributed by atoms with Gasteiger partial charge in [-0.3, -0.25) is 0 Å². The molecule has 0 saturated carbocycles. The number of pyridine rings is 1. The van der Waals surface area contributed by atoms with Crippen molar-refractivity contribution in [1.29, 1.82) is 5.41 Å². The molecule has 0 atom stereocenters. The lowest BCUT2D eigenvalue weighted by Gasteiger charge is -2.17. The first kappa shape index (κ1) is 39.9. The smallest absolute Gasteiger partial charge is 0.164 e. The van der Waals surface area contributed by atoms with Gasteiger partial charge in [0.25, 0.3) is 0 Å². The van der Waals surface area contributed by atoms with Crippen LogP contribution in [-0.2, 0) is 0 Å². The van der Waals surface area contributed by atoms with Crippen LogP contribution in [0.1, 0.15) is 11.1 Å². The SMILES string of the molecule is C=Cc1c(C=N)c(-c2ccc(-c3cc(-c4ccc(-c5ccccc5)cc4)cc(-c4ccc(-c5nc(-c6ccccc6)nc(-c6ccccc6)n5)cc4)c3)c3ccccc23)nc2ccccc12. The third kappa shape index (κ3) is 7.55. The van der Waals surface area contributed by atoms with Gasteiger partial charge >= 0.3 is 0 Å². The van der Waals surface area contributed by atoms with Crippen molar-refractivity contribution >= 4 is 34.0 Å². The molecule has 5 heteroatoms. The Bertz CT molecular complexity index is 3530. The van der Waals surface area contributed by atoms with Crippen LogP contribution in [0.5, 0.6) is 0 Å². The van der Waals surface area contributed by atoms with Gasteiger partial charge in [0.05, 0.1) is 11.2 Å². The Hall–Kier alpha value is -8.93. The fourth-order valence-corrected chi connectivity index (χ4v) is 8.93. The average Bonchev–Trinajstić information content (AvgIpc) is 3.40. The van der Waals surface area contributed by atoms with Crippen molar-refractivity contribution in [2.24, 2.45) is 0 Å². The van der Waals surface area contributed by atoms with Gasteiger partial charge in [-0.2, -0.15) is 0 Å². The van der Waals surface area contributed by atoms with Crippen molar-refractivity contribution in [1.82, 2.24) is 19.9 Å². The molecule has 2 aromatic heterocycles. The normalized spacial score (nSPS) is 11.2. The third-order valence-corrected chi connectivity index (χ3v) is 12.2. The van der Waals surface area contributed by atoms with Crippen LogP contribution in [0.4, 0.5) is 0 Å². The van der Waals surface area contributed by atoms with Crippen molar-refractivity contribution in [3.05, 3.63) is 236 Å². The number of nitrogens with one attached hydrogen (secondary N) is 1. The van der Waals surface area contributed by atoms with Gasteiger partial charge in [-0.15, -0.1) is 0 Å². The quantitative estimate of drug-likeness (QED) is 0.139. The molecule has 0 spiro atoms. The Kier molecular flexibility index (Phi) is 10.5. The highest BCUT2D eigenvalue weighted by atomic mass is 15.0. The lowest BCUT2D eigenvalue weighted by molar-refractivity contribution is 1.07. The zero-order valence-corrected chi connectivity index (χ0v) is 35.9. The first-order valence-corrected chi connectivity index (χ1v) is 22.0. The van der Waals surface area contributed by atoms with Crippen molar-refractivity contribution < 1.29 is 0 Å². The number of para-hydroxylation sites is 1. The summed E-state index contributed by atoms with van der Waals surface area (Å²) in [4.78, 5) is 20.0. The molecule has 0 bridgehead atoms. The summed E-state index contributed by atoms with van der Waals surface area (Å²) in [5, 5.41) is 11.7. The van der Waals surface area contributed by atoms with Crippen LogP contribution in [0, 0.1) is 5.41 Å². The molecular formula is C61H41N5. The molecule has 9 aromatic carbocycles. The summed E-state index contributed by atoms with van der Waals surface area (Å²) in [5.41, 5.74) is 15.9. The number of rotatable bonds is 10. The molecule has 0 aliphatic carbocycles. The second-order valence-electron chi connectivity index (χ2n) is 16.2. The molecule has 5 nitrogen and oxygen atoms in total. The van der Waals surface area contributed by atoms with Crippen LogP contribution in [0.15, 0.2) is 225 Å². The first-order valence-electron chi connectivity index (χ1n) is 22.0. The number of aromatic nitrogens is 4. The Labute approximate surface area is 383 Å². The minimum Gasteiger partial charge on any atom is -0.308 e. The summed E-state index contributed by atoms with van der Waals surface area (Å²) in [6, 6.07) is 75.8. The van der Waals surface area contributed by atoms with Crippen LogP contribution in [0.2, 0.25) is 0 Å². The highest BCUT2D eigenvalue weighted by Crippen LogP contribution is 2.41. The van der Waals surface area contributed by atoms with E-state index in [2.05, 4.69) is 134 Å². The number of fused-ring (bicyclic) bond motifs is 2. The molecule has 0 aliphatic rings. The molecule has 0 amide bonds. The molecule has 11 rings (SSSR count). The van der Waals surface area contributed by atoms with Gasteiger partial charge in [-0.25, -0.2) is 19.9 Å². The first-order chi connectivity index (χ1) is 32.6. The summed E-state index contributed by atoms with van der Waals surface area (Å²) < 4.78 is 0. The van der Waals surface area contributed by atoms with Crippen LogP contribution in [0.3, 0.4) is 0 Å². The molecule has 2 heterocycles. The Morgan fingerprint density at radius 1 is 0.318 bits per heavy atom. The van der Waals surface area contributed by atoms with E-state index in [-0.39, 0.29) is 0 Å². The van der Waals surface area contributed by atoms with Gasteiger partial charge in [0.15, 0.2) is 17.5 Å². The van der Waals surface area contributed by atoms with Crippen molar-refractivity contribution in [3.63, 3.8) is 0 Å². The zero-order valence-electron chi connectivity index (χ0n) is 35.9. The summed E-state index contributed by atoms with van der Waals surface area (Å²) >= 11 is 0. The van der Waals surface area contributed by atoms with Crippen LogP contribution in [-0.4, -0.2) is 26.2 Å². The third-order valence-electron chi connectivity index (χ3n) is 12.2. The van der Waals surface area contributed by atoms with Crippen LogP contribution < -0.4 is 0 Å². The number of hydrogen-bond acceptors (Lipinski definition) is 5. The predicted molar refractivity (Wildman–Crippen MR) is 274 cm³/mol. The largest absolute Gasteiger partial charge is 0.308 e. The maximum absolute atomic E-state index is 8.54. The number of benzene rings is 9. The van der Waals surface area contributed by atoms with E-state index in [0.717, 1.165) is 94.1 Å². The highest BCUT2D eigenvalue weighted by molar-refractivity contribution is 6.10. The summed E-state index contributed by atoms with van der Waals surface area (Å²) in [7, 11) is 0. The van der Waals surface area contributed by atoms with E-state index in [0.29, 0.717) is 17.5 Å². The van der Waals surface area contributed by atoms with Gasteiger partial charge in [0.2, 0.25) is 0 Å². The van der Waals surface area contributed by atoms with E-state index < -0.39 is 0 Å². The van der Waals surface area contributed by atoms with Gasteiger partial charge in [-0.05, 0) is 85.1 Å². The summed E-state index contributed by atoms with van der Waals surface area (Å²) in [5.74, 6) is 1.87. The molecule has 11 aromatic rings. The molecule has 310 valence electrons. The van der Waals surface area contributed by atoms with Crippen LogP contribution >= 0.6 is 0 Å². The van der Waals surface area contributed by atoms with Crippen molar-refractivity contribution in [2.75, 3.05) is 0 Å². The van der Waals surface area contributed by atoms with Crippen LogP contribution in [0.25, 0.3) is 118 Å². The lowest BCUT2D eigenvalue weighted by atomic mass is 9.88. The van der Waals surface area contributed by atoms with E-state index in [1.807, 2.05) is 97.1 Å². The van der Waals surface area contributed by atoms with Crippen molar-refractivity contribution in [3.8, 4) is 89.9 Å². The van der Waals surface area contributed by atoms with Gasteiger partial charge in [-0.1, -0.05) is 207 Å². The van der Waals surface area contributed by atoms with E-state index in [9.17, 15) is 0 Å². The molecule has 1 N–H and O–H groups in total. The predicted octanol–water partition coefficient (Wildman–Crippen LogP) is 15.5. The van der Waals surface area contributed by atoms with E-state index in [1.165, 1.54) is 17.3 Å². The highest BCUT2D eigenvalue weighted by Gasteiger charge is 2.19. The van der Waals surface area contributed by atoms with Gasteiger partial charge in [0.1, 0.15) is 0 Å². The molecular weight excluding hydrogens is 803 g/mol. The Morgan fingerprint density at radius 3 is 1.21 bits per heavy atom. The fraction of sp³-hybridized carbons (Fsp3) is 0. The fourth-order valence-electron chi connectivity index (χ4n) is 8.93. The summed E-state index contributed by atoms with van der Waals surface area (Å²) in [6.07, 6.45) is 3.24. The van der Waals surface area contributed by atoms with E-state index in [1.54, 1.807) is 0 Å². The number of hydrogen-bond donors (Lipinski definition) is 1. The molecule has 0 radical (unpaired) electrons. The number of nitrogens with zero attached hydrogens (tertiary/aromatic N) is 4. The minimum absolute atomic E-state index is 0.612. The standard InChI is InChI=1S/C61H41N5/c1-2-50-54-24-14-15-25-57(54)63-58(56(50)39-62)55-35-34-51(52-22-12-13-23-53(52)55)49-37-47(42-28-26-41(27-29-42)40-16-6-3-7-17-40)36-48(38-49)43-30-32-46(33-31-43)61-65-59(44-18-8-4-9-19-44)64-60(66-61)45-20-10-5-11-21-45/h2-39,62H,1H2. The topological polar surface area (TPSA) is 75.4 Å². The Morgan fingerprint density at radius 2 is 0.697 bits per heavy atom. The average molecular weight is 844 g/mol. The minimum atomic E-state index is 0.612. The van der Waals surface area contributed by atoms with E-state index >= 15 is 0 Å².